The highest BCUT2D eigenvalue weighted by Gasteiger charge is 2.64. The summed E-state index contributed by atoms with van der Waals surface area (Å²) in [5.41, 5.74) is 3.73. The molecule has 2 saturated heterocycles. The van der Waals surface area contributed by atoms with Gasteiger partial charge in [-0.1, -0.05) is 12.1 Å². The number of hydrogen-bond donors (Lipinski definition) is 0. The van der Waals surface area contributed by atoms with Crippen LogP contribution < -0.4 is 10.6 Å². The van der Waals surface area contributed by atoms with Crippen molar-refractivity contribution in [2.24, 2.45) is 0 Å². The molecule has 2 heterocycles. The molecule has 0 radical (unpaired) electrons. The maximum Gasteiger partial charge on any atom is 0.161 e. The molecular weight excluding hydrogens is 393 g/mol. The quantitative estimate of drug-likeness (QED) is 0.449. The summed E-state index contributed by atoms with van der Waals surface area (Å²) in [7, 11) is -0.921. The van der Waals surface area contributed by atoms with Crippen molar-refractivity contribution in [3.8, 4) is 0 Å². The minimum absolute atomic E-state index is 0.921. The maximum atomic E-state index is 2.89. The molecule has 0 aromatic heterocycles. The largest absolute Gasteiger partial charge is 0.161 e. The van der Waals surface area contributed by atoms with Crippen LogP contribution in [-0.4, -0.2) is 29.3 Å². The predicted molar refractivity (Wildman–Crippen MR) is 107 cm³/mol. The Balaban J connectivity index is 2.11. The molecule has 0 unspecified atom stereocenters. The zero-order valence-electron chi connectivity index (χ0n) is 13.3. The topological polar surface area (TPSA) is 0 Å². The summed E-state index contributed by atoms with van der Waals surface area (Å²) in [6.07, 6.45) is 2.88. The molecule has 0 amide bonds. The summed E-state index contributed by atoms with van der Waals surface area (Å²) in [6, 6.07) is 9.57. The van der Waals surface area contributed by atoms with Gasteiger partial charge in [0.05, 0.1) is 36.6 Å². The Kier molecular flexibility index (Phi) is 4.06. The number of benzene rings is 1. The van der Waals surface area contributed by atoms with Gasteiger partial charge in [0.25, 0.3) is 0 Å². The highest BCUT2D eigenvalue weighted by Crippen LogP contribution is 2.83. The smallest absolute Gasteiger partial charge is 0.0580 e. The van der Waals surface area contributed by atoms with Crippen molar-refractivity contribution in [3.05, 3.63) is 24.3 Å². The molecule has 0 spiro atoms. The lowest BCUT2D eigenvalue weighted by atomic mass is 10.2. The van der Waals surface area contributed by atoms with Crippen molar-refractivity contribution < 1.29 is 0 Å². The molecule has 110 valence electrons. The van der Waals surface area contributed by atoms with Gasteiger partial charge in [0.2, 0.25) is 0 Å². The van der Waals surface area contributed by atoms with E-state index in [-0.39, 0.29) is 0 Å². The van der Waals surface area contributed by atoms with Gasteiger partial charge in [-0.3, -0.25) is 0 Å². The molecule has 0 bridgehead atoms. The fourth-order valence-corrected chi connectivity index (χ4v) is 16.1. The number of halogens is 1. The zero-order chi connectivity index (χ0) is 14.7. The minimum Gasteiger partial charge on any atom is -0.0580 e. The SMILES string of the molecule is C[C@H]1C[C@H](C)[P+]1(C)c1ccccc1[P+]1(I)[C@@H](C)C[C@@H]1C. The molecule has 0 N–H and O–H groups in total. The van der Waals surface area contributed by atoms with E-state index in [4.69, 9.17) is 0 Å². The first-order chi connectivity index (χ1) is 9.32. The summed E-state index contributed by atoms with van der Waals surface area (Å²) < 4.78 is 0. The Hall–Kier alpha value is 0.810. The van der Waals surface area contributed by atoms with Crippen molar-refractivity contribution >= 4 is 44.8 Å². The van der Waals surface area contributed by atoms with Crippen LogP contribution in [0.1, 0.15) is 40.5 Å². The normalized spacial score (nSPS) is 37.9. The highest BCUT2D eigenvalue weighted by atomic mass is 127. The van der Waals surface area contributed by atoms with Crippen LogP contribution in [0.15, 0.2) is 24.3 Å². The Morgan fingerprint density at radius 3 is 1.75 bits per heavy atom. The second-order valence-electron chi connectivity index (χ2n) is 7.19. The molecule has 0 saturated carbocycles. The van der Waals surface area contributed by atoms with E-state index >= 15 is 0 Å². The van der Waals surface area contributed by atoms with Gasteiger partial charge < -0.3 is 0 Å². The van der Waals surface area contributed by atoms with E-state index in [1.165, 1.54) is 12.8 Å². The second kappa shape index (κ2) is 5.17. The lowest BCUT2D eigenvalue weighted by Gasteiger charge is -2.47. The lowest BCUT2D eigenvalue weighted by Crippen LogP contribution is -2.48. The van der Waals surface area contributed by atoms with E-state index in [0.717, 1.165) is 22.6 Å². The molecule has 0 aliphatic carbocycles. The van der Waals surface area contributed by atoms with E-state index in [0.29, 0.717) is 0 Å². The number of hydrogen-bond acceptors (Lipinski definition) is 0. The maximum absolute atomic E-state index is 2.89. The Morgan fingerprint density at radius 2 is 1.30 bits per heavy atom. The van der Waals surface area contributed by atoms with Crippen LogP contribution in [-0.2, 0) is 0 Å². The third-order valence-corrected chi connectivity index (χ3v) is 23.3. The molecule has 0 nitrogen and oxygen atoms in total. The summed E-state index contributed by atoms with van der Waals surface area (Å²) in [5, 5.41) is 3.59. The third kappa shape index (κ3) is 1.92. The Bertz CT molecular complexity index is 464. The summed E-state index contributed by atoms with van der Waals surface area (Å²) >= 11 is 2.89. The summed E-state index contributed by atoms with van der Waals surface area (Å²) in [4.78, 5) is -0.946. The lowest BCUT2D eigenvalue weighted by molar-refractivity contribution is 0.698. The summed E-state index contributed by atoms with van der Waals surface area (Å²) in [5.74, 6) is 0. The minimum atomic E-state index is -0.946. The van der Waals surface area contributed by atoms with Crippen molar-refractivity contribution in [1.29, 1.82) is 0 Å². The fraction of sp³-hybridized carbons (Fsp3) is 0.647. The zero-order valence-corrected chi connectivity index (χ0v) is 17.3. The molecule has 4 atom stereocenters. The average molecular weight is 420 g/mol. The highest BCUT2D eigenvalue weighted by molar-refractivity contribution is 14.2. The first-order valence-corrected chi connectivity index (χ1v) is 15.0. The monoisotopic (exact) mass is 420 g/mol. The van der Waals surface area contributed by atoms with Crippen LogP contribution in [0.3, 0.4) is 0 Å². The molecule has 3 rings (SSSR count). The molecule has 1 aromatic rings. The van der Waals surface area contributed by atoms with Crippen LogP contribution in [0.4, 0.5) is 0 Å². The van der Waals surface area contributed by atoms with E-state index in [9.17, 15) is 0 Å². The first-order valence-electron chi connectivity index (χ1n) is 7.87. The average Bonchev–Trinajstić information content (AvgIpc) is 2.46. The molecule has 2 aliphatic heterocycles. The van der Waals surface area contributed by atoms with Crippen LogP contribution in [0, 0.1) is 0 Å². The van der Waals surface area contributed by atoms with Gasteiger partial charge in [0.1, 0.15) is 15.5 Å². The molecule has 2 fully saturated rings. The van der Waals surface area contributed by atoms with Crippen molar-refractivity contribution in [2.45, 2.75) is 63.2 Å². The first kappa shape index (κ1) is 15.7. The van der Waals surface area contributed by atoms with Gasteiger partial charge in [0.15, 0.2) is 22.0 Å². The molecular formula is C17H27IP2+2. The fourth-order valence-electron chi connectivity index (χ4n) is 4.44. The van der Waals surface area contributed by atoms with E-state index in [1.54, 1.807) is 10.6 Å². The van der Waals surface area contributed by atoms with E-state index in [1.807, 2.05) is 0 Å². The van der Waals surface area contributed by atoms with Gasteiger partial charge in [-0.15, -0.1) is 0 Å². The van der Waals surface area contributed by atoms with Gasteiger partial charge in [-0.2, -0.15) is 0 Å². The Labute approximate surface area is 138 Å². The van der Waals surface area contributed by atoms with Gasteiger partial charge in [-0.25, -0.2) is 0 Å². The molecule has 1 aromatic carbocycles. The van der Waals surface area contributed by atoms with E-state index in [2.05, 4.69) is 80.7 Å². The molecule has 2 aliphatic rings. The Morgan fingerprint density at radius 1 is 0.850 bits per heavy atom. The van der Waals surface area contributed by atoms with E-state index < -0.39 is 12.2 Å². The summed E-state index contributed by atoms with van der Waals surface area (Å²) in [6.45, 7) is 12.6. The standard InChI is InChI=1S/C17H27IP2/c1-12-10-13(2)19(12,5)16-8-6-7-9-17(16)20(18)14(3)11-15(20)4/h6-9,12-15H,10-11H2,1-5H3/q+2/t12-,13-,14-,15-/m0/s1. The van der Waals surface area contributed by atoms with Crippen LogP contribution >= 0.6 is 34.2 Å². The van der Waals surface area contributed by atoms with Crippen molar-refractivity contribution in [3.63, 3.8) is 0 Å². The van der Waals surface area contributed by atoms with Gasteiger partial charge >= 0.3 is 0 Å². The molecule has 3 heteroatoms. The van der Waals surface area contributed by atoms with Crippen LogP contribution in [0.2, 0.25) is 0 Å². The number of rotatable bonds is 2. The second-order valence-corrected chi connectivity index (χ2v) is 20.1. The predicted octanol–water partition coefficient (Wildman–Crippen LogP) is 5.31. The van der Waals surface area contributed by atoms with Crippen molar-refractivity contribution in [1.82, 2.24) is 0 Å². The third-order valence-electron chi connectivity index (χ3n) is 6.25. The van der Waals surface area contributed by atoms with Gasteiger partial charge in [0, 0.05) is 12.8 Å². The van der Waals surface area contributed by atoms with Crippen LogP contribution in [0.5, 0.6) is 0 Å². The molecule has 20 heavy (non-hydrogen) atoms. The van der Waals surface area contributed by atoms with Crippen molar-refractivity contribution in [2.75, 3.05) is 6.66 Å². The van der Waals surface area contributed by atoms with Gasteiger partial charge in [-0.05, 0) is 39.8 Å². The van der Waals surface area contributed by atoms with Crippen LogP contribution in [0.25, 0.3) is 0 Å².